The van der Waals surface area contributed by atoms with Crippen LogP contribution in [0.15, 0.2) is 28.9 Å². The molecule has 2 aliphatic rings. The molecule has 2 aliphatic heterocycles. The Kier molecular flexibility index (Phi) is 8.33. The molecule has 4 rings (SSSR count). The third kappa shape index (κ3) is 6.26. The summed E-state index contributed by atoms with van der Waals surface area (Å²) >= 11 is 0. The number of aromatic nitrogens is 4. The third-order valence-electron chi connectivity index (χ3n) is 5.95. The predicted molar refractivity (Wildman–Crippen MR) is 131 cm³/mol. The van der Waals surface area contributed by atoms with Crippen LogP contribution in [0.3, 0.4) is 0 Å². The van der Waals surface area contributed by atoms with Crippen molar-refractivity contribution in [2.24, 2.45) is 16.5 Å². The van der Waals surface area contributed by atoms with E-state index in [-0.39, 0.29) is 30.0 Å². The quantitative estimate of drug-likeness (QED) is 0.0951. The largest absolute Gasteiger partial charge is 0.472 e. The molecule has 0 spiro atoms. The number of urea groups is 1. The first-order chi connectivity index (χ1) is 18.4. The smallest absolute Gasteiger partial charge is 0.394 e. The number of aliphatic imine (C=N–C) groups is 1. The number of nitrogen functional groups attached to an aromatic ring is 1. The molecule has 2 aromatic heterocycles. The number of aliphatic hydroxyl groups is 2. The van der Waals surface area contributed by atoms with E-state index in [2.05, 4.69) is 26.5 Å². The van der Waals surface area contributed by atoms with Crippen molar-refractivity contribution in [1.82, 2.24) is 24.4 Å². The second-order valence-corrected chi connectivity index (χ2v) is 9.98. The molecular weight excluding hydrogens is 545 g/mol. The van der Waals surface area contributed by atoms with Gasteiger partial charge in [0.2, 0.25) is 5.95 Å². The molecule has 0 aromatic carbocycles. The summed E-state index contributed by atoms with van der Waals surface area (Å²) in [5.74, 6) is -0.638. The molecule has 0 aliphatic carbocycles. The second kappa shape index (κ2) is 11.4. The Labute approximate surface area is 219 Å². The molecule has 0 bridgehead atoms. The Bertz CT molecular complexity index is 1360. The van der Waals surface area contributed by atoms with Crippen molar-refractivity contribution in [2.75, 3.05) is 18.9 Å². The zero-order valence-electron chi connectivity index (χ0n) is 20.3. The number of phosphoric ester groups is 1. The number of fused-ring (bicyclic) bond motifs is 1. The second-order valence-electron chi connectivity index (χ2n) is 8.57. The molecule has 1 unspecified atom stereocenters. The van der Waals surface area contributed by atoms with E-state index in [0.29, 0.717) is 0 Å². The number of hydrogen-bond acceptors (Lipinski definition) is 12. The number of nitrogens with one attached hydrogen (secondary N) is 1. The molecule has 0 radical (unpaired) electrons. The van der Waals surface area contributed by atoms with Crippen LogP contribution in [0.4, 0.5) is 10.7 Å². The van der Waals surface area contributed by atoms with E-state index >= 15 is 0 Å². The van der Waals surface area contributed by atoms with E-state index in [1.165, 1.54) is 10.9 Å². The highest BCUT2D eigenvalue weighted by Crippen LogP contribution is 2.49. The molecule has 2 amide bonds. The molecule has 10 N–H and O–H groups in total. The maximum Gasteiger partial charge on any atom is 0.472 e. The number of nitrogens with zero attached hydrogens (tertiary/aromatic N) is 5. The Morgan fingerprint density at radius 2 is 2.13 bits per heavy atom. The number of aliphatic hydroxyl groups excluding tert-OH is 2. The molecule has 0 saturated carbocycles. The minimum atomic E-state index is -4.78. The average Bonchev–Trinajstić information content (AvgIpc) is 3.54. The molecule has 19 nitrogen and oxygen atoms in total. The van der Waals surface area contributed by atoms with Crippen LogP contribution < -0.4 is 22.8 Å². The van der Waals surface area contributed by atoms with Crippen molar-refractivity contribution in [3.63, 3.8) is 0 Å². The molecule has 2 aromatic rings. The van der Waals surface area contributed by atoms with Crippen LogP contribution in [0.1, 0.15) is 19.1 Å². The molecule has 7 atom stereocenters. The van der Waals surface area contributed by atoms with Gasteiger partial charge in [-0.15, -0.1) is 0 Å². The van der Waals surface area contributed by atoms with Crippen LogP contribution in [-0.2, 0) is 23.1 Å². The van der Waals surface area contributed by atoms with Crippen molar-refractivity contribution in [3.05, 3.63) is 29.5 Å². The van der Waals surface area contributed by atoms with Gasteiger partial charge in [-0.25, -0.2) is 14.3 Å². The maximum absolute atomic E-state index is 12.7. The average molecular weight is 573 g/mol. The summed E-state index contributed by atoms with van der Waals surface area (Å²) in [5, 5.41) is 20.1. The highest BCUT2D eigenvalue weighted by atomic mass is 31.2. The lowest BCUT2D eigenvalue weighted by Gasteiger charge is -2.24. The van der Waals surface area contributed by atoms with Gasteiger partial charge in [0.15, 0.2) is 17.1 Å². The Morgan fingerprint density at radius 1 is 1.38 bits per heavy atom. The minimum Gasteiger partial charge on any atom is -0.394 e. The number of H-pyrrole nitrogens is 1. The molecule has 214 valence electrons. The number of imidazole rings is 1. The minimum absolute atomic E-state index is 0.00248. The fraction of sp³-hybridized carbons (Fsp3) is 0.526. The lowest BCUT2D eigenvalue weighted by molar-refractivity contribution is -0.0602. The summed E-state index contributed by atoms with van der Waals surface area (Å²) in [6.07, 6.45) is -4.14. The standard InChI is InChI=1S/C19H28N9O10P/c1-2-27(19(32)26-17(20)21)12-3-8(30)11(37-12)6-35-39(33,34)38-9-4-13(36-10(9)5-29)28-7-23-14-15(28)24-18(22)25-16(14)31/h2,7-13,29-30H,1,3-6H2,(H,33,34)(H4,20,21,26,32)(H3,22,24,25,31)/t8-,9-,10-,11-,12-,13-/m1/s1. The normalized spacial score (nSPS) is 28.3. The zero-order valence-corrected chi connectivity index (χ0v) is 21.2. The van der Waals surface area contributed by atoms with Gasteiger partial charge in [0, 0.05) is 19.0 Å². The van der Waals surface area contributed by atoms with Gasteiger partial charge in [-0.1, -0.05) is 6.58 Å². The fourth-order valence-electron chi connectivity index (χ4n) is 4.19. The van der Waals surface area contributed by atoms with Crippen molar-refractivity contribution < 1.29 is 43.0 Å². The number of phosphoric acid groups is 1. The number of carbonyl (C=O) groups is 1. The fourth-order valence-corrected chi connectivity index (χ4v) is 5.15. The summed E-state index contributed by atoms with van der Waals surface area (Å²) in [6.45, 7) is 2.32. The molecule has 39 heavy (non-hydrogen) atoms. The van der Waals surface area contributed by atoms with Gasteiger partial charge >= 0.3 is 13.9 Å². The molecule has 20 heteroatoms. The van der Waals surface area contributed by atoms with Crippen molar-refractivity contribution in [1.29, 1.82) is 0 Å². The van der Waals surface area contributed by atoms with Crippen LogP contribution >= 0.6 is 7.82 Å². The van der Waals surface area contributed by atoms with E-state index in [1.54, 1.807) is 0 Å². The number of hydrogen-bond donors (Lipinski definition) is 7. The lowest BCUT2D eigenvalue weighted by Crippen LogP contribution is -2.37. The van der Waals surface area contributed by atoms with Crippen LogP contribution in [0.25, 0.3) is 11.2 Å². The Balaban J connectivity index is 1.38. The number of guanidine groups is 1. The van der Waals surface area contributed by atoms with E-state index in [0.717, 1.165) is 11.1 Å². The summed E-state index contributed by atoms with van der Waals surface area (Å²) in [6, 6.07) is -0.890. The molecule has 4 heterocycles. The number of aromatic amines is 1. The van der Waals surface area contributed by atoms with Gasteiger partial charge in [-0.05, 0) is 0 Å². The molecule has 2 fully saturated rings. The Hall–Kier alpha value is -3.42. The SMILES string of the molecule is C=CN(C(=O)N=C(N)N)[C@H]1C[C@@H](O)[C@@H](COP(=O)(O)O[C@@H]2C[C@H](n3cnc4c(=O)[nH]c(N)nc43)O[C@@H]2CO)O1. The number of carbonyl (C=O) groups excluding carboxylic acids is 1. The molecule has 2 saturated heterocycles. The number of rotatable bonds is 9. The monoisotopic (exact) mass is 573 g/mol. The highest BCUT2D eigenvalue weighted by molar-refractivity contribution is 7.47. The van der Waals surface area contributed by atoms with Gasteiger partial charge in [-0.2, -0.15) is 9.98 Å². The number of amides is 2. The van der Waals surface area contributed by atoms with Gasteiger partial charge in [0.05, 0.1) is 25.6 Å². The third-order valence-corrected chi connectivity index (χ3v) is 6.96. The first-order valence-corrected chi connectivity index (χ1v) is 12.9. The van der Waals surface area contributed by atoms with Gasteiger partial charge in [0.1, 0.15) is 30.8 Å². The summed E-state index contributed by atoms with van der Waals surface area (Å²) < 4.78 is 35.7. The van der Waals surface area contributed by atoms with E-state index < -0.39 is 75.5 Å². The topological polar surface area (TPSA) is 289 Å². The van der Waals surface area contributed by atoms with Crippen molar-refractivity contribution in [2.45, 2.75) is 49.7 Å². The summed E-state index contributed by atoms with van der Waals surface area (Å²) in [7, 11) is -4.78. The van der Waals surface area contributed by atoms with Crippen molar-refractivity contribution >= 4 is 36.9 Å². The van der Waals surface area contributed by atoms with E-state index in [4.69, 9.17) is 35.7 Å². The van der Waals surface area contributed by atoms with E-state index in [1.807, 2.05) is 0 Å². The van der Waals surface area contributed by atoms with Gasteiger partial charge in [0.25, 0.3) is 5.56 Å². The maximum atomic E-state index is 12.7. The van der Waals surface area contributed by atoms with Crippen LogP contribution in [0, 0.1) is 0 Å². The lowest BCUT2D eigenvalue weighted by atomic mass is 10.2. The highest BCUT2D eigenvalue weighted by Gasteiger charge is 2.44. The van der Waals surface area contributed by atoms with Crippen molar-refractivity contribution in [3.8, 4) is 0 Å². The van der Waals surface area contributed by atoms with Gasteiger partial charge < -0.3 is 41.8 Å². The van der Waals surface area contributed by atoms with Crippen LogP contribution in [0.5, 0.6) is 0 Å². The number of anilines is 1. The Morgan fingerprint density at radius 3 is 2.79 bits per heavy atom. The summed E-state index contributed by atoms with van der Waals surface area (Å²) in [4.78, 5) is 49.1. The first-order valence-electron chi connectivity index (χ1n) is 11.4. The van der Waals surface area contributed by atoms with Gasteiger partial charge in [-0.3, -0.25) is 28.3 Å². The van der Waals surface area contributed by atoms with E-state index in [9.17, 15) is 29.3 Å². The molecular formula is C19H28N9O10P. The zero-order chi connectivity index (χ0) is 28.5. The summed E-state index contributed by atoms with van der Waals surface area (Å²) in [5.41, 5.74) is 15.6. The number of ether oxygens (including phenoxy) is 2. The first kappa shape index (κ1) is 28.6. The number of nitrogens with two attached hydrogens (primary N) is 3. The van der Waals surface area contributed by atoms with Crippen LogP contribution in [0.2, 0.25) is 0 Å². The predicted octanol–water partition coefficient (Wildman–Crippen LogP) is -2.20. The van der Waals surface area contributed by atoms with Crippen LogP contribution in [-0.4, -0.2) is 95.4 Å².